The zero-order valence-electron chi connectivity index (χ0n) is 7.17. The van der Waals surface area contributed by atoms with Crippen molar-refractivity contribution in [1.29, 1.82) is 0 Å². The molecule has 0 aliphatic carbocycles. The molecule has 1 heterocycles. The third kappa shape index (κ3) is 1.89. The summed E-state index contributed by atoms with van der Waals surface area (Å²) in [5.41, 5.74) is 1.82. The lowest BCUT2D eigenvalue weighted by Crippen LogP contribution is -1.81. The highest BCUT2D eigenvalue weighted by Crippen LogP contribution is 2.27. The number of nitrogens with zero attached hydrogens (tertiary/aromatic N) is 1. The number of aromatic nitrogens is 1. The summed E-state index contributed by atoms with van der Waals surface area (Å²) < 4.78 is 0. The molecule has 0 unspecified atom stereocenters. The quantitative estimate of drug-likeness (QED) is 0.715. The van der Waals surface area contributed by atoms with E-state index in [2.05, 4.69) is 11.1 Å². The van der Waals surface area contributed by atoms with Gasteiger partial charge in [0.25, 0.3) is 0 Å². The normalized spacial score (nSPS) is 10.1. The lowest BCUT2D eigenvalue weighted by atomic mass is 10.1. The maximum absolute atomic E-state index is 5.90. The van der Waals surface area contributed by atoms with Gasteiger partial charge in [-0.25, -0.2) is 0 Å². The average molecular weight is 223 g/mol. The highest BCUT2D eigenvalue weighted by Gasteiger charge is 2.01. The Balaban J connectivity index is 2.48. The second kappa shape index (κ2) is 3.99. The SMILES string of the molecule is Clc1ccc(-c2cc[c]cn2)cc1Cl. The minimum atomic E-state index is 0.541. The lowest BCUT2D eigenvalue weighted by Gasteiger charge is -2.01. The van der Waals surface area contributed by atoms with Crippen molar-refractivity contribution in [2.45, 2.75) is 0 Å². The molecule has 0 fully saturated rings. The molecule has 0 bridgehead atoms. The zero-order chi connectivity index (χ0) is 9.97. The smallest absolute Gasteiger partial charge is 0.0702 e. The second-order valence-electron chi connectivity index (χ2n) is 2.77. The van der Waals surface area contributed by atoms with Crippen LogP contribution in [-0.4, -0.2) is 4.98 Å². The first-order valence-corrected chi connectivity index (χ1v) is 4.80. The number of halogens is 2. The van der Waals surface area contributed by atoms with Crippen molar-refractivity contribution in [1.82, 2.24) is 4.98 Å². The molecule has 0 amide bonds. The van der Waals surface area contributed by atoms with Crippen LogP contribution in [0.3, 0.4) is 0 Å². The summed E-state index contributed by atoms with van der Waals surface area (Å²) >= 11 is 11.7. The van der Waals surface area contributed by atoms with Crippen LogP contribution in [0.25, 0.3) is 11.3 Å². The predicted molar refractivity (Wildman–Crippen MR) is 58.5 cm³/mol. The van der Waals surface area contributed by atoms with E-state index >= 15 is 0 Å². The van der Waals surface area contributed by atoms with Crippen LogP contribution < -0.4 is 0 Å². The van der Waals surface area contributed by atoms with Crippen LogP contribution in [0.5, 0.6) is 0 Å². The second-order valence-corrected chi connectivity index (χ2v) is 3.59. The van der Waals surface area contributed by atoms with Crippen LogP contribution in [0.1, 0.15) is 0 Å². The molecule has 2 aromatic rings. The van der Waals surface area contributed by atoms with Gasteiger partial charge < -0.3 is 0 Å². The van der Waals surface area contributed by atoms with Gasteiger partial charge in [-0.15, -0.1) is 0 Å². The topological polar surface area (TPSA) is 12.9 Å². The van der Waals surface area contributed by atoms with Crippen molar-refractivity contribution in [3.05, 3.63) is 52.6 Å². The standard InChI is InChI=1S/C11H6Cl2N/c12-9-5-4-8(7-10(9)13)11-3-1-2-6-14-11/h1,3-7H. The molecular weight excluding hydrogens is 217 g/mol. The molecule has 1 aromatic carbocycles. The van der Waals surface area contributed by atoms with E-state index in [0.29, 0.717) is 10.0 Å². The number of hydrogen-bond donors (Lipinski definition) is 0. The predicted octanol–water partition coefficient (Wildman–Crippen LogP) is 3.86. The Morgan fingerprint density at radius 3 is 2.57 bits per heavy atom. The van der Waals surface area contributed by atoms with E-state index in [9.17, 15) is 0 Å². The molecule has 0 spiro atoms. The summed E-state index contributed by atoms with van der Waals surface area (Å²) in [7, 11) is 0. The number of pyridine rings is 1. The molecule has 0 saturated carbocycles. The molecule has 0 N–H and O–H groups in total. The molecule has 69 valence electrons. The molecule has 0 saturated heterocycles. The summed E-state index contributed by atoms with van der Waals surface area (Å²) in [6, 6.07) is 12.0. The fourth-order valence-electron chi connectivity index (χ4n) is 1.15. The van der Waals surface area contributed by atoms with Crippen LogP contribution in [0.4, 0.5) is 0 Å². The monoisotopic (exact) mass is 222 g/mol. The summed E-state index contributed by atoms with van der Waals surface area (Å²) in [4.78, 5) is 4.16. The van der Waals surface area contributed by atoms with Crippen molar-refractivity contribution in [2.24, 2.45) is 0 Å². The first-order valence-electron chi connectivity index (χ1n) is 4.05. The molecule has 14 heavy (non-hydrogen) atoms. The fraction of sp³-hybridized carbons (Fsp3) is 0. The number of hydrogen-bond acceptors (Lipinski definition) is 1. The molecule has 1 nitrogen and oxygen atoms in total. The third-order valence-electron chi connectivity index (χ3n) is 1.83. The Hall–Kier alpha value is -1.05. The van der Waals surface area contributed by atoms with Crippen LogP contribution in [0.15, 0.2) is 36.5 Å². The highest BCUT2D eigenvalue weighted by molar-refractivity contribution is 6.42. The van der Waals surface area contributed by atoms with E-state index in [0.717, 1.165) is 11.3 Å². The van der Waals surface area contributed by atoms with E-state index in [1.165, 1.54) is 0 Å². The molecule has 0 aliphatic rings. The third-order valence-corrected chi connectivity index (χ3v) is 2.57. The number of rotatable bonds is 1. The van der Waals surface area contributed by atoms with Crippen LogP contribution in [0, 0.1) is 6.07 Å². The molecule has 3 heteroatoms. The summed E-state index contributed by atoms with van der Waals surface area (Å²) in [6.07, 6.45) is 1.62. The van der Waals surface area contributed by atoms with Gasteiger partial charge in [-0.05, 0) is 18.2 Å². The van der Waals surface area contributed by atoms with Crippen molar-refractivity contribution < 1.29 is 0 Å². The molecular formula is C11H6Cl2N. The Bertz CT molecular complexity index is 440. The first kappa shape index (κ1) is 9.50. The molecule has 1 radical (unpaired) electrons. The van der Waals surface area contributed by atoms with E-state index in [1.807, 2.05) is 18.2 Å². The van der Waals surface area contributed by atoms with E-state index in [-0.39, 0.29) is 0 Å². The van der Waals surface area contributed by atoms with E-state index in [4.69, 9.17) is 23.2 Å². The van der Waals surface area contributed by atoms with Gasteiger partial charge in [-0.1, -0.05) is 35.3 Å². The van der Waals surface area contributed by atoms with Gasteiger partial charge in [-0.2, -0.15) is 0 Å². The largest absolute Gasteiger partial charge is 0.256 e. The summed E-state index contributed by atoms with van der Waals surface area (Å²) in [5.74, 6) is 0. The van der Waals surface area contributed by atoms with Crippen molar-refractivity contribution in [2.75, 3.05) is 0 Å². The Morgan fingerprint density at radius 2 is 1.93 bits per heavy atom. The summed E-state index contributed by atoms with van der Waals surface area (Å²) in [6.45, 7) is 0. The van der Waals surface area contributed by atoms with Crippen LogP contribution in [-0.2, 0) is 0 Å². The van der Waals surface area contributed by atoms with Crippen molar-refractivity contribution >= 4 is 23.2 Å². The van der Waals surface area contributed by atoms with E-state index < -0.39 is 0 Å². The summed E-state index contributed by atoms with van der Waals surface area (Å²) in [5, 5.41) is 1.09. The molecule has 0 atom stereocenters. The highest BCUT2D eigenvalue weighted by atomic mass is 35.5. The Labute approximate surface area is 92.3 Å². The molecule has 2 rings (SSSR count). The van der Waals surface area contributed by atoms with Crippen LogP contribution in [0.2, 0.25) is 10.0 Å². The maximum atomic E-state index is 5.90. The minimum absolute atomic E-state index is 0.541. The Kier molecular flexibility index (Phi) is 2.71. The fourth-order valence-corrected chi connectivity index (χ4v) is 1.44. The Morgan fingerprint density at radius 1 is 1.07 bits per heavy atom. The number of benzene rings is 1. The van der Waals surface area contributed by atoms with Gasteiger partial charge in [0.05, 0.1) is 15.7 Å². The average Bonchev–Trinajstić information content (AvgIpc) is 2.23. The van der Waals surface area contributed by atoms with Crippen molar-refractivity contribution in [3.63, 3.8) is 0 Å². The van der Waals surface area contributed by atoms with Gasteiger partial charge in [0, 0.05) is 17.8 Å². The van der Waals surface area contributed by atoms with Gasteiger partial charge in [0.15, 0.2) is 0 Å². The van der Waals surface area contributed by atoms with Gasteiger partial charge in [0.1, 0.15) is 0 Å². The van der Waals surface area contributed by atoms with Gasteiger partial charge in [-0.3, -0.25) is 4.98 Å². The zero-order valence-corrected chi connectivity index (χ0v) is 8.68. The van der Waals surface area contributed by atoms with Gasteiger partial charge in [0.2, 0.25) is 0 Å². The lowest BCUT2D eigenvalue weighted by molar-refractivity contribution is 1.32. The van der Waals surface area contributed by atoms with Crippen LogP contribution >= 0.6 is 23.2 Å². The van der Waals surface area contributed by atoms with Gasteiger partial charge >= 0.3 is 0 Å². The maximum Gasteiger partial charge on any atom is 0.0702 e. The van der Waals surface area contributed by atoms with E-state index in [1.54, 1.807) is 18.3 Å². The molecule has 1 aromatic heterocycles. The molecule has 0 aliphatic heterocycles. The van der Waals surface area contributed by atoms with Crippen molar-refractivity contribution in [3.8, 4) is 11.3 Å². The first-order chi connectivity index (χ1) is 6.77. The minimum Gasteiger partial charge on any atom is -0.256 e.